The topological polar surface area (TPSA) is 81.2 Å². The average molecular weight is 289 g/mol. The maximum absolute atomic E-state index is 10.8. The van der Waals surface area contributed by atoms with Crippen LogP contribution < -0.4 is 5.32 Å². The van der Waals surface area contributed by atoms with Crippen LogP contribution in [0.15, 0.2) is 22.6 Å². The Morgan fingerprint density at radius 3 is 2.76 bits per heavy atom. The molecule has 1 aromatic carbocycles. The first kappa shape index (κ1) is 13.9. The number of nitrogens with zero attached hydrogens (tertiary/aromatic N) is 2. The van der Waals surface area contributed by atoms with Gasteiger partial charge in [-0.05, 0) is 37.2 Å². The van der Waals surface area contributed by atoms with Gasteiger partial charge < -0.3 is 9.73 Å². The number of nitro groups is 1. The third-order valence-corrected chi connectivity index (χ3v) is 4.25. The van der Waals surface area contributed by atoms with Crippen molar-refractivity contribution in [1.82, 2.24) is 4.98 Å². The molecule has 112 valence electrons. The minimum Gasteiger partial charge on any atom is -0.424 e. The lowest BCUT2D eigenvalue weighted by molar-refractivity contribution is -0.384. The Kier molecular flexibility index (Phi) is 3.31. The molecule has 1 saturated carbocycles. The van der Waals surface area contributed by atoms with Crippen molar-refractivity contribution in [2.24, 2.45) is 5.41 Å². The molecule has 1 aliphatic carbocycles. The number of nitro benzene ring substituents is 1. The Morgan fingerprint density at radius 2 is 2.10 bits per heavy atom. The molecule has 2 aromatic rings. The zero-order valence-corrected chi connectivity index (χ0v) is 12.3. The molecule has 0 spiro atoms. The van der Waals surface area contributed by atoms with Crippen LogP contribution in [0.25, 0.3) is 11.1 Å². The van der Waals surface area contributed by atoms with Gasteiger partial charge in [0.15, 0.2) is 5.58 Å². The second-order valence-corrected chi connectivity index (χ2v) is 6.51. The van der Waals surface area contributed by atoms with E-state index in [1.807, 2.05) is 0 Å². The van der Waals surface area contributed by atoms with Gasteiger partial charge in [0.25, 0.3) is 11.7 Å². The van der Waals surface area contributed by atoms with Gasteiger partial charge in [0.2, 0.25) is 0 Å². The van der Waals surface area contributed by atoms with Gasteiger partial charge >= 0.3 is 0 Å². The number of hydrogen-bond acceptors (Lipinski definition) is 5. The number of aromatic nitrogens is 1. The molecule has 0 bridgehead atoms. The van der Waals surface area contributed by atoms with Crippen molar-refractivity contribution in [3.63, 3.8) is 0 Å². The van der Waals surface area contributed by atoms with Gasteiger partial charge in [0, 0.05) is 18.2 Å². The van der Waals surface area contributed by atoms with Crippen molar-refractivity contribution >= 4 is 22.8 Å². The number of hydrogen-bond donors (Lipinski definition) is 1. The Balaban J connectivity index is 1.74. The number of non-ortho nitro benzene ring substituents is 1. The monoisotopic (exact) mass is 289 g/mol. The third kappa shape index (κ3) is 2.99. The largest absolute Gasteiger partial charge is 0.424 e. The van der Waals surface area contributed by atoms with Crippen LogP contribution in [0.2, 0.25) is 0 Å². The molecule has 0 saturated heterocycles. The van der Waals surface area contributed by atoms with Crippen molar-refractivity contribution in [2.45, 2.75) is 45.6 Å². The highest BCUT2D eigenvalue weighted by molar-refractivity contribution is 5.77. The first-order chi connectivity index (χ1) is 9.93. The lowest BCUT2D eigenvalue weighted by atomic mass is 9.76. The zero-order valence-electron chi connectivity index (χ0n) is 12.3. The minimum atomic E-state index is -0.426. The first-order valence-corrected chi connectivity index (χ1v) is 7.24. The molecule has 0 atom stereocenters. The highest BCUT2D eigenvalue weighted by atomic mass is 16.6. The van der Waals surface area contributed by atoms with Gasteiger partial charge in [-0.2, -0.15) is 4.98 Å². The molecule has 3 rings (SSSR count). The van der Waals surface area contributed by atoms with Gasteiger partial charge in [-0.1, -0.05) is 13.8 Å². The van der Waals surface area contributed by atoms with Crippen LogP contribution in [-0.2, 0) is 0 Å². The highest BCUT2D eigenvalue weighted by Gasteiger charge is 2.27. The number of oxazole rings is 1. The summed E-state index contributed by atoms with van der Waals surface area (Å²) in [4.78, 5) is 14.6. The van der Waals surface area contributed by atoms with Crippen LogP contribution in [0, 0.1) is 15.5 Å². The van der Waals surface area contributed by atoms with Gasteiger partial charge in [0.05, 0.1) is 4.92 Å². The summed E-state index contributed by atoms with van der Waals surface area (Å²) < 4.78 is 5.61. The molecule has 6 nitrogen and oxygen atoms in total. The summed E-state index contributed by atoms with van der Waals surface area (Å²) in [5.41, 5.74) is 1.53. The van der Waals surface area contributed by atoms with E-state index in [0.717, 1.165) is 12.8 Å². The highest BCUT2D eigenvalue weighted by Crippen LogP contribution is 2.36. The van der Waals surface area contributed by atoms with Crippen LogP contribution in [-0.4, -0.2) is 15.9 Å². The Bertz CT molecular complexity index is 668. The van der Waals surface area contributed by atoms with Gasteiger partial charge in [-0.3, -0.25) is 10.1 Å². The molecule has 0 amide bonds. The maximum atomic E-state index is 10.8. The molecule has 21 heavy (non-hydrogen) atoms. The van der Waals surface area contributed by atoms with E-state index in [1.165, 1.54) is 25.0 Å². The van der Waals surface area contributed by atoms with Gasteiger partial charge in [-0.15, -0.1) is 0 Å². The van der Waals surface area contributed by atoms with E-state index in [1.54, 1.807) is 6.07 Å². The maximum Gasteiger partial charge on any atom is 0.295 e. The van der Waals surface area contributed by atoms with Crippen LogP contribution in [0.5, 0.6) is 0 Å². The number of anilines is 1. The Hall–Kier alpha value is -2.11. The molecular weight excluding hydrogens is 270 g/mol. The summed E-state index contributed by atoms with van der Waals surface area (Å²) in [6.07, 6.45) is 4.53. The fourth-order valence-electron chi connectivity index (χ4n) is 2.81. The lowest BCUT2D eigenvalue weighted by Gasteiger charge is -2.34. The standard InChI is InChI=1S/C15H19N3O3/c1-15(2)7-5-10(6-8-15)16-14-17-12-9-11(18(19)20)3-4-13(12)21-14/h3-4,9-10H,5-8H2,1-2H3,(H,16,17). The number of nitrogens with one attached hydrogen (secondary N) is 1. The predicted octanol–water partition coefficient (Wildman–Crippen LogP) is 4.12. The molecule has 1 fully saturated rings. The predicted molar refractivity (Wildman–Crippen MR) is 80.3 cm³/mol. The summed E-state index contributed by atoms with van der Waals surface area (Å²) in [5, 5.41) is 14.1. The molecule has 0 unspecified atom stereocenters. The second-order valence-electron chi connectivity index (χ2n) is 6.51. The third-order valence-electron chi connectivity index (χ3n) is 4.25. The Labute approximate surface area is 122 Å². The summed E-state index contributed by atoms with van der Waals surface area (Å²) in [6, 6.07) is 5.28. The van der Waals surface area contributed by atoms with Gasteiger partial charge in [-0.25, -0.2) is 0 Å². The summed E-state index contributed by atoms with van der Waals surface area (Å²) in [6.45, 7) is 4.59. The van der Waals surface area contributed by atoms with Crippen LogP contribution >= 0.6 is 0 Å². The Morgan fingerprint density at radius 1 is 1.38 bits per heavy atom. The number of benzene rings is 1. The molecule has 1 heterocycles. The van der Waals surface area contributed by atoms with E-state index in [2.05, 4.69) is 24.1 Å². The quantitative estimate of drug-likeness (QED) is 0.679. The first-order valence-electron chi connectivity index (χ1n) is 7.24. The molecule has 1 N–H and O–H groups in total. The average Bonchev–Trinajstić information content (AvgIpc) is 2.82. The molecule has 0 radical (unpaired) electrons. The second kappa shape index (κ2) is 5.02. The molecule has 6 heteroatoms. The number of rotatable bonds is 3. The molecule has 1 aliphatic rings. The van der Waals surface area contributed by atoms with Crippen molar-refractivity contribution in [1.29, 1.82) is 0 Å². The van der Waals surface area contributed by atoms with E-state index in [4.69, 9.17) is 4.42 Å². The SMILES string of the molecule is CC1(C)CCC(Nc2nc3cc([N+](=O)[O-])ccc3o2)CC1. The van der Waals surface area contributed by atoms with Crippen LogP contribution in [0.3, 0.4) is 0 Å². The fraction of sp³-hybridized carbons (Fsp3) is 0.533. The fourth-order valence-corrected chi connectivity index (χ4v) is 2.81. The summed E-state index contributed by atoms with van der Waals surface area (Å²) >= 11 is 0. The lowest BCUT2D eigenvalue weighted by Crippen LogP contribution is -2.29. The minimum absolute atomic E-state index is 0.0294. The molecule has 1 aromatic heterocycles. The summed E-state index contributed by atoms with van der Waals surface area (Å²) in [7, 11) is 0. The zero-order chi connectivity index (χ0) is 15.0. The molecule has 0 aliphatic heterocycles. The number of fused-ring (bicyclic) bond motifs is 1. The van der Waals surface area contributed by atoms with Crippen molar-refractivity contribution < 1.29 is 9.34 Å². The van der Waals surface area contributed by atoms with E-state index < -0.39 is 4.92 Å². The smallest absolute Gasteiger partial charge is 0.295 e. The van der Waals surface area contributed by atoms with E-state index in [-0.39, 0.29) is 5.69 Å². The van der Waals surface area contributed by atoms with Gasteiger partial charge in [0.1, 0.15) is 5.52 Å². The van der Waals surface area contributed by atoms with Crippen molar-refractivity contribution in [2.75, 3.05) is 5.32 Å². The normalized spacial score (nSPS) is 18.8. The summed E-state index contributed by atoms with van der Waals surface area (Å²) in [5.74, 6) is 0. The van der Waals surface area contributed by atoms with E-state index >= 15 is 0 Å². The van der Waals surface area contributed by atoms with Crippen molar-refractivity contribution in [3.05, 3.63) is 28.3 Å². The van der Waals surface area contributed by atoms with E-state index in [9.17, 15) is 10.1 Å². The van der Waals surface area contributed by atoms with Crippen molar-refractivity contribution in [3.8, 4) is 0 Å². The van der Waals surface area contributed by atoms with E-state index in [0.29, 0.717) is 28.6 Å². The van der Waals surface area contributed by atoms with Crippen LogP contribution in [0.4, 0.5) is 11.7 Å². The van der Waals surface area contributed by atoms with Crippen LogP contribution in [0.1, 0.15) is 39.5 Å². The molecular formula is C15H19N3O3.